The minimum absolute atomic E-state index is 0.0211. The lowest BCUT2D eigenvalue weighted by molar-refractivity contribution is -0.136. The van der Waals surface area contributed by atoms with E-state index in [-0.39, 0.29) is 23.8 Å². The molecule has 0 bridgehead atoms. The Kier molecular flexibility index (Phi) is 8.15. The SMILES string of the molecule is O=C(C[C@H]1C=C[C@@H](NS(=O)(=O)c2ccccc2)[C@H](CO)O1)N1CCC(Cc2ccccc2)CC1. The van der Waals surface area contributed by atoms with Gasteiger partial charge < -0.3 is 14.7 Å². The Balaban J connectivity index is 1.29. The average molecular weight is 485 g/mol. The number of benzene rings is 2. The zero-order valence-corrected chi connectivity index (χ0v) is 19.9. The minimum atomic E-state index is -3.76. The van der Waals surface area contributed by atoms with E-state index in [0.29, 0.717) is 5.92 Å². The Morgan fingerprint density at radius 2 is 1.65 bits per heavy atom. The summed E-state index contributed by atoms with van der Waals surface area (Å²) in [5, 5.41) is 9.79. The fraction of sp³-hybridized carbons (Fsp3) is 0.423. The normalized spacial score (nSPS) is 23.7. The molecule has 7 nitrogen and oxygen atoms in total. The van der Waals surface area contributed by atoms with Crippen LogP contribution in [0.25, 0.3) is 0 Å². The molecule has 2 aromatic rings. The molecule has 0 aromatic heterocycles. The Labute approximate surface area is 201 Å². The lowest BCUT2D eigenvalue weighted by atomic mass is 9.90. The number of piperidine rings is 1. The number of sulfonamides is 1. The highest BCUT2D eigenvalue weighted by atomic mass is 32.2. The summed E-state index contributed by atoms with van der Waals surface area (Å²) in [7, 11) is -3.76. The molecule has 0 saturated carbocycles. The number of likely N-dealkylation sites (tertiary alicyclic amines) is 1. The first-order valence-electron chi connectivity index (χ1n) is 11.8. The first-order chi connectivity index (χ1) is 16.4. The van der Waals surface area contributed by atoms with E-state index in [2.05, 4.69) is 29.0 Å². The van der Waals surface area contributed by atoms with Crippen LogP contribution in [0.2, 0.25) is 0 Å². The summed E-state index contributed by atoms with van der Waals surface area (Å²) in [4.78, 5) is 14.9. The molecule has 3 atom stereocenters. The van der Waals surface area contributed by atoms with Crippen LogP contribution in [0, 0.1) is 5.92 Å². The zero-order chi connectivity index (χ0) is 24.0. The van der Waals surface area contributed by atoms with Crippen molar-refractivity contribution in [3.8, 4) is 0 Å². The number of nitrogens with zero attached hydrogens (tertiary/aromatic N) is 1. The lowest BCUT2D eigenvalue weighted by Gasteiger charge is -2.35. The maximum Gasteiger partial charge on any atom is 0.241 e. The van der Waals surface area contributed by atoms with Gasteiger partial charge in [-0.3, -0.25) is 4.79 Å². The molecule has 182 valence electrons. The van der Waals surface area contributed by atoms with E-state index in [4.69, 9.17) is 4.74 Å². The molecular formula is C26H32N2O5S. The van der Waals surface area contributed by atoms with Crippen molar-refractivity contribution < 1.29 is 23.1 Å². The van der Waals surface area contributed by atoms with Crippen molar-refractivity contribution in [1.82, 2.24) is 9.62 Å². The highest BCUT2D eigenvalue weighted by Crippen LogP contribution is 2.24. The Morgan fingerprint density at radius 1 is 1.00 bits per heavy atom. The molecule has 8 heteroatoms. The third-order valence-corrected chi connectivity index (χ3v) is 7.99. The van der Waals surface area contributed by atoms with E-state index < -0.39 is 28.3 Å². The van der Waals surface area contributed by atoms with Crippen LogP contribution in [0.1, 0.15) is 24.8 Å². The van der Waals surface area contributed by atoms with Gasteiger partial charge in [-0.2, -0.15) is 0 Å². The first-order valence-corrected chi connectivity index (χ1v) is 13.3. The summed E-state index contributed by atoms with van der Waals surface area (Å²) in [5.74, 6) is 0.599. The lowest BCUT2D eigenvalue weighted by Crippen LogP contribution is -2.49. The van der Waals surface area contributed by atoms with Crippen LogP contribution in [0.3, 0.4) is 0 Å². The Morgan fingerprint density at radius 3 is 2.29 bits per heavy atom. The first kappa shape index (κ1) is 24.6. The van der Waals surface area contributed by atoms with Crippen LogP contribution in [0.5, 0.6) is 0 Å². The van der Waals surface area contributed by atoms with Crippen LogP contribution < -0.4 is 4.72 Å². The van der Waals surface area contributed by atoms with Gasteiger partial charge in [-0.25, -0.2) is 13.1 Å². The summed E-state index contributed by atoms with van der Waals surface area (Å²) in [6.07, 6.45) is 5.29. The van der Waals surface area contributed by atoms with Crippen LogP contribution >= 0.6 is 0 Å². The highest BCUT2D eigenvalue weighted by molar-refractivity contribution is 7.89. The number of carbonyl (C=O) groups is 1. The molecule has 34 heavy (non-hydrogen) atoms. The minimum Gasteiger partial charge on any atom is -0.394 e. The Hall–Kier alpha value is -2.52. The monoisotopic (exact) mass is 484 g/mol. The molecule has 1 amide bonds. The van der Waals surface area contributed by atoms with Crippen molar-refractivity contribution in [3.63, 3.8) is 0 Å². The maximum atomic E-state index is 12.9. The number of carbonyl (C=O) groups excluding carboxylic acids is 1. The third kappa shape index (κ3) is 6.33. The van der Waals surface area contributed by atoms with Gasteiger partial charge in [-0.05, 0) is 42.9 Å². The van der Waals surface area contributed by atoms with Gasteiger partial charge in [0.1, 0.15) is 6.10 Å². The maximum absolute atomic E-state index is 12.9. The number of aliphatic hydroxyl groups excluding tert-OH is 1. The third-order valence-electron chi connectivity index (χ3n) is 6.52. The van der Waals surface area contributed by atoms with Crippen molar-refractivity contribution in [2.75, 3.05) is 19.7 Å². The number of ether oxygens (including phenoxy) is 1. The molecule has 2 aromatic carbocycles. The van der Waals surface area contributed by atoms with Crippen LogP contribution in [-0.4, -0.2) is 62.3 Å². The quantitative estimate of drug-likeness (QED) is 0.562. The molecular weight excluding hydrogens is 452 g/mol. The topological polar surface area (TPSA) is 95.9 Å². The van der Waals surface area contributed by atoms with Crippen LogP contribution in [-0.2, 0) is 26.0 Å². The largest absolute Gasteiger partial charge is 0.394 e. The van der Waals surface area contributed by atoms with Gasteiger partial charge in [0.2, 0.25) is 15.9 Å². The number of rotatable bonds is 8. The molecule has 4 rings (SSSR count). The Bertz CT molecular complexity index is 1070. The van der Waals surface area contributed by atoms with Crippen molar-refractivity contribution in [2.45, 2.75) is 48.8 Å². The molecule has 2 heterocycles. The summed E-state index contributed by atoms with van der Waals surface area (Å²) in [6.45, 7) is 1.10. The van der Waals surface area contributed by atoms with Gasteiger partial charge in [0.15, 0.2) is 0 Å². The standard InChI is InChI=1S/C26H32N2O5S/c29-19-25-24(27-34(31,32)23-9-5-2-6-10-23)12-11-22(33-25)18-26(30)28-15-13-21(14-16-28)17-20-7-3-1-4-8-20/h1-12,21-22,24-25,27,29H,13-19H2/t22-,24-,25+/m1/s1. The number of hydrogen-bond acceptors (Lipinski definition) is 5. The van der Waals surface area contributed by atoms with Crippen molar-refractivity contribution in [1.29, 1.82) is 0 Å². The van der Waals surface area contributed by atoms with E-state index in [9.17, 15) is 18.3 Å². The second-order valence-corrected chi connectivity index (χ2v) is 10.7. The second kappa shape index (κ2) is 11.3. The van der Waals surface area contributed by atoms with Gasteiger partial charge >= 0.3 is 0 Å². The smallest absolute Gasteiger partial charge is 0.241 e. The zero-order valence-electron chi connectivity index (χ0n) is 19.1. The average Bonchev–Trinajstić information content (AvgIpc) is 2.86. The number of nitrogens with one attached hydrogen (secondary N) is 1. The van der Waals surface area contributed by atoms with Gasteiger partial charge in [0.05, 0.1) is 30.1 Å². The molecule has 2 N–H and O–H groups in total. The van der Waals surface area contributed by atoms with Gasteiger partial charge in [0.25, 0.3) is 0 Å². The fourth-order valence-electron chi connectivity index (χ4n) is 4.59. The predicted octanol–water partition coefficient (Wildman–Crippen LogP) is 2.52. The number of aliphatic hydroxyl groups is 1. The summed E-state index contributed by atoms with van der Waals surface area (Å²) >= 11 is 0. The molecule has 2 aliphatic rings. The van der Waals surface area contributed by atoms with Crippen molar-refractivity contribution >= 4 is 15.9 Å². The molecule has 0 aliphatic carbocycles. The predicted molar refractivity (Wildman–Crippen MR) is 130 cm³/mol. The molecule has 2 aliphatic heterocycles. The molecule has 0 radical (unpaired) electrons. The molecule has 1 saturated heterocycles. The van der Waals surface area contributed by atoms with Gasteiger partial charge in [-0.15, -0.1) is 0 Å². The van der Waals surface area contributed by atoms with E-state index >= 15 is 0 Å². The summed E-state index contributed by atoms with van der Waals surface area (Å²) in [5.41, 5.74) is 1.33. The van der Waals surface area contributed by atoms with E-state index in [0.717, 1.165) is 32.4 Å². The van der Waals surface area contributed by atoms with Crippen LogP contribution in [0.4, 0.5) is 0 Å². The van der Waals surface area contributed by atoms with Crippen LogP contribution in [0.15, 0.2) is 77.7 Å². The van der Waals surface area contributed by atoms with E-state index in [1.807, 2.05) is 11.0 Å². The summed E-state index contributed by atoms with van der Waals surface area (Å²) < 4.78 is 33.7. The molecule has 1 fully saturated rings. The number of hydrogen-bond donors (Lipinski definition) is 2. The van der Waals surface area contributed by atoms with Gasteiger partial charge in [-0.1, -0.05) is 60.7 Å². The fourth-order valence-corrected chi connectivity index (χ4v) is 5.83. The molecule has 0 unspecified atom stereocenters. The van der Waals surface area contributed by atoms with Gasteiger partial charge in [0, 0.05) is 13.1 Å². The summed E-state index contributed by atoms with van der Waals surface area (Å²) in [6, 6.07) is 17.8. The number of amides is 1. The molecule has 0 spiro atoms. The van der Waals surface area contributed by atoms with Crippen molar-refractivity contribution in [2.24, 2.45) is 5.92 Å². The second-order valence-electron chi connectivity index (χ2n) is 8.96. The van der Waals surface area contributed by atoms with E-state index in [1.165, 1.54) is 17.7 Å². The van der Waals surface area contributed by atoms with E-state index in [1.54, 1.807) is 30.4 Å². The van der Waals surface area contributed by atoms with Crippen molar-refractivity contribution in [3.05, 3.63) is 78.4 Å². The highest BCUT2D eigenvalue weighted by Gasteiger charge is 2.32.